The fourth-order valence-electron chi connectivity index (χ4n) is 8.03. The highest BCUT2D eigenvalue weighted by molar-refractivity contribution is 6.42. The molecular formula is C41H36Cl2F5N7O4. The van der Waals surface area contributed by atoms with Crippen molar-refractivity contribution in [3.8, 4) is 0 Å². The molecule has 0 bridgehead atoms. The van der Waals surface area contributed by atoms with E-state index in [0.29, 0.717) is 6.54 Å². The van der Waals surface area contributed by atoms with Gasteiger partial charge in [-0.3, -0.25) is 19.1 Å². The highest BCUT2D eigenvalue weighted by Crippen LogP contribution is 2.60. The molecule has 2 aromatic heterocycles. The van der Waals surface area contributed by atoms with E-state index >= 15 is 8.78 Å². The molecule has 1 saturated carbocycles. The molecule has 5 aromatic rings. The van der Waals surface area contributed by atoms with E-state index in [2.05, 4.69) is 15.3 Å². The maximum Gasteiger partial charge on any atom is 0.403 e. The molecular weight excluding hydrogens is 820 g/mol. The largest absolute Gasteiger partial charge is 0.419 e. The van der Waals surface area contributed by atoms with Crippen molar-refractivity contribution < 1.29 is 40.8 Å². The summed E-state index contributed by atoms with van der Waals surface area (Å²) >= 11 is 11.9. The lowest BCUT2D eigenvalue weighted by molar-refractivity contribution is -0.204. The topological polar surface area (TPSA) is 118 Å². The van der Waals surface area contributed by atoms with Crippen LogP contribution in [0.5, 0.6) is 0 Å². The van der Waals surface area contributed by atoms with Gasteiger partial charge in [0.2, 0.25) is 18.2 Å². The van der Waals surface area contributed by atoms with Gasteiger partial charge >= 0.3 is 12.1 Å². The van der Waals surface area contributed by atoms with Crippen molar-refractivity contribution in [2.45, 2.75) is 50.2 Å². The van der Waals surface area contributed by atoms with Crippen molar-refractivity contribution in [3.63, 3.8) is 0 Å². The molecule has 3 aromatic carbocycles. The van der Waals surface area contributed by atoms with Gasteiger partial charge in [0.1, 0.15) is 5.41 Å². The molecule has 1 spiro atoms. The van der Waals surface area contributed by atoms with Gasteiger partial charge < -0.3 is 19.1 Å². The molecule has 8 rings (SSSR count). The number of anilines is 1. The summed E-state index contributed by atoms with van der Waals surface area (Å²) in [4.78, 5) is 42.3. The smallest absolute Gasteiger partial charge is 0.403 e. The predicted octanol–water partition coefficient (Wildman–Crippen LogP) is 7.55. The second kappa shape index (κ2) is 15.0. The highest BCUT2D eigenvalue weighted by atomic mass is 35.5. The van der Waals surface area contributed by atoms with Crippen LogP contribution in [0.1, 0.15) is 63.2 Å². The van der Waals surface area contributed by atoms with Crippen LogP contribution in [-0.2, 0) is 34.9 Å². The second-order valence-corrected chi connectivity index (χ2v) is 16.4. The first-order valence-electron chi connectivity index (χ1n) is 18.7. The lowest BCUT2D eigenvalue weighted by Gasteiger charge is -2.51. The average Bonchev–Trinajstić information content (AvgIpc) is 3.49. The van der Waals surface area contributed by atoms with Gasteiger partial charge in [0.15, 0.2) is 0 Å². The Morgan fingerprint density at radius 2 is 1.59 bits per heavy atom. The molecule has 308 valence electrons. The Morgan fingerprint density at radius 3 is 2.27 bits per heavy atom. The zero-order chi connectivity index (χ0) is 41.9. The van der Waals surface area contributed by atoms with Gasteiger partial charge in [0.05, 0.1) is 34.3 Å². The zero-order valence-electron chi connectivity index (χ0n) is 31.4. The standard InChI is InChI=1S/C41H36Cl2F5N7O4/c1-52(24-56)30-4-2-3-26(15-30)8-5-25-6-9-27(10-7-25)18-55-19-28(17-49-55)35(57)53-20-31(38(21-53)22-54(23-38)37(58)39(13-14-39)41(46,47)48)34-50-51-36(59-34)40(44,45)29-11-12-32(42)33(43)16-29/h2-4,6-7,9-12,15-17,19,24,31H,5,8,13-14,18,20-23H2,1H3. The van der Waals surface area contributed by atoms with Gasteiger partial charge in [0, 0.05) is 56.1 Å². The Bertz CT molecular complexity index is 2410. The molecule has 4 heterocycles. The van der Waals surface area contributed by atoms with Crippen LogP contribution in [-0.4, -0.2) is 87.4 Å². The van der Waals surface area contributed by atoms with E-state index in [1.165, 1.54) is 22.1 Å². The van der Waals surface area contributed by atoms with Gasteiger partial charge in [-0.2, -0.15) is 27.1 Å². The van der Waals surface area contributed by atoms with Gasteiger partial charge in [-0.1, -0.05) is 65.7 Å². The predicted molar refractivity (Wildman–Crippen MR) is 205 cm³/mol. The van der Waals surface area contributed by atoms with Gasteiger partial charge in [-0.25, -0.2) is 0 Å². The van der Waals surface area contributed by atoms with Gasteiger partial charge in [0.25, 0.3) is 11.8 Å². The van der Waals surface area contributed by atoms with Gasteiger partial charge in [-0.05, 0) is 66.6 Å². The molecule has 3 amide bonds. The lowest BCUT2D eigenvalue weighted by atomic mass is 9.71. The summed E-state index contributed by atoms with van der Waals surface area (Å²) in [6.07, 6.45) is -0.0141. The van der Waals surface area contributed by atoms with Crippen LogP contribution in [0.4, 0.5) is 27.6 Å². The van der Waals surface area contributed by atoms with Crippen LogP contribution in [0.15, 0.2) is 83.5 Å². The number of aromatic nitrogens is 4. The number of aryl methyl sites for hydroxylation is 2. The van der Waals surface area contributed by atoms with Crippen LogP contribution >= 0.6 is 23.2 Å². The number of halogens is 7. The first-order valence-corrected chi connectivity index (χ1v) is 19.5. The molecule has 1 aliphatic carbocycles. The molecule has 0 N–H and O–H groups in total. The van der Waals surface area contributed by atoms with E-state index in [1.807, 2.05) is 48.5 Å². The van der Waals surface area contributed by atoms with Crippen LogP contribution in [0, 0.1) is 10.8 Å². The fraction of sp³-hybridized carbons (Fsp3) is 0.366. The van der Waals surface area contributed by atoms with Crippen molar-refractivity contribution in [3.05, 3.63) is 129 Å². The third-order valence-electron chi connectivity index (χ3n) is 11.7. The number of alkyl halides is 5. The molecule has 11 nitrogen and oxygen atoms in total. The third kappa shape index (κ3) is 7.56. The summed E-state index contributed by atoms with van der Waals surface area (Å²) in [5, 5.41) is 11.9. The number of hydrogen-bond donors (Lipinski definition) is 0. The van der Waals surface area contributed by atoms with Crippen LogP contribution in [0.2, 0.25) is 10.0 Å². The number of amides is 3. The van der Waals surface area contributed by atoms with Crippen molar-refractivity contribution in [1.29, 1.82) is 0 Å². The maximum atomic E-state index is 15.6. The molecule has 3 fully saturated rings. The molecule has 1 atom stereocenters. The Labute approximate surface area is 344 Å². The monoisotopic (exact) mass is 855 g/mol. The summed E-state index contributed by atoms with van der Waals surface area (Å²) in [6, 6.07) is 19.0. The number of rotatable bonds is 12. The minimum atomic E-state index is -4.71. The lowest BCUT2D eigenvalue weighted by Crippen LogP contribution is -2.64. The van der Waals surface area contributed by atoms with E-state index < -0.39 is 52.1 Å². The third-order valence-corrected chi connectivity index (χ3v) is 12.4. The Morgan fingerprint density at radius 1 is 0.898 bits per heavy atom. The summed E-state index contributed by atoms with van der Waals surface area (Å²) in [7, 11) is 1.70. The highest BCUT2D eigenvalue weighted by Gasteiger charge is 2.71. The summed E-state index contributed by atoms with van der Waals surface area (Å²) in [5.41, 5.74) is 0.168. The number of likely N-dealkylation sites (tertiary alicyclic amines) is 2. The van der Waals surface area contributed by atoms with Crippen molar-refractivity contribution in [2.24, 2.45) is 10.8 Å². The Kier molecular flexibility index (Phi) is 10.3. The van der Waals surface area contributed by atoms with E-state index in [-0.39, 0.29) is 60.5 Å². The zero-order valence-corrected chi connectivity index (χ0v) is 32.9. The van der Waals surface area contributed by atoms with Crippen molar-refractivity contribution >= 4 is 47.1 Å². The van der Waals surface area contributed by atoms with Crippen LogP contribution in [0.3, 0.4) is 0 Å². The van der Waals surface area contributed by atoms with Crippen molar-refractivity contribution in [2.75, 3.05) is 38.1 Å². The summed E-state index contributed by atoms with van der Waals surface area (Å²) in [5.74, 6) is -7.44. The quantitative estimate of drug-likeness (QED) is 0.0940. The molecule has 3 aliphatic rings. The van der Waals surface area contributed by atoms with E-state index in [0.717, 1.165) is 58.7 Å². The SMILES string of the molecule is CN(C=O)c1cccc(CCc2ccc(Cn3cc(C(=O)N4CC(c5nnc(C(F)(F)c6ccc(Cl)c(Cl)c6)o5)C5(C4)CN(C(=O)C4(C(F)(F)F)CC4)C5)cn3)cc2)c1. The fourth-order valence-corrected chi connectivity index (χ4v) is 8.33. The molecule has 1 unspecified atom stereocenters. The molecule has 2 saturated heterocycles. The maximum absolute atomic E-state index is 15.6. The molecule has 2 aliphatic heterocycles. The Balaban J connectivity index is 0.966. The minimum Gasteiger partial charge on any atom is -0.419 e. The minimum absolute atomic E-state index is 0.00901. The number of carbonyl (C=O) groups excluding carboxylic acids is 3. The number of hydrogen-bond acceptors (Lipinski definition) is 7. The second-order valence-electron chi connectivity index (χ2n) is 15.6. The van der Waals surface area contributed by atoms with Gasteiger partial charge in [-0.15, -0.1) is 10.2 Å². The van der Waals surface area contributed by atoms with E-state index in [1.54, 1.807) is 17.9 Å². The van der Waals surface area contributed by atoms with E-state index in [4.69, 9.17) is 27.6 Å². The van der Waals surface area contributed by atoms with Crippen molar-refractivity contribution in [1.82, 2.24) is 29.8 Å². The Hall–Kier alpha value is -5.35. The number of benzene rings is 3. The summed E-state index contributed by atoms with van der Waals surface area (Å²) < 4.78 is 80.1. The number of carbonyl (C=O) groups is 3. The summed E-state index contributed by atoms with van der Waals surface area (Å²) in [6.45, 7) is -0.0761. The van der Waals surface area contributed by atoms with Crippen LogP contribution in [0.25, 0.3) is 0 Å². The molecule has 59 heavy (non-hydrogen) atoms. The average molecular weight is 857 g/mol. The van der Waals surface area contributed by atoms with Crippen LogP contribution < -0.4 is 4.90 Å². The normalized spacial score (nSPS) is 18.2. The first kappa shape index (κ1) is 40.4. The van der Waals surface area contributed by atoms with E-state index in [9.17, 15) is 27.6 Å². The molecule has 18 heteroatoms. The number of nitrogens with zero attached hydrogens (tertiary/aromatic N) is 7. The first-order chi connectivity index (χ1) is 28.0. The molecule has 0 radical (unpaired) electrons.